The maximum absolute atomic E-state index is 7.93. The van der Waals surface area contributed by atoms with Gasteiger partial charge >= 0.3 is 0 Å². The number of nitrogens with zero attached hydrogens (tertiary/aromatic N) is 4. The van der Waals surface area contributed by atoms with Crippen LogP contribution in [0.2, 0.25) is 0 Å². The number of anilines is 1. The van der Waals surface area contributed by atoms with Crippen molar-refractivity contribution in [1.29, 1.82) is 5.41 Å². The lowest BCUT2D eigenvalue weighted by Gasteiger charge is -2.36. The topological polar surface area (TPSA) is 56.1 Å². The van der Waals surface area contributed by atoms with Gasteiger partial charge in [0.05, 0.1) is 5.84 Å². The van der Waals surface area contributed by atoms with Crippen molar-refractivity contribution in [3.8, 4) is 0 Å². The third kappa shape index (κ3) is 2.93. The molecule has 0 spiro atoms. The molecule has 1 fully saturated rings. The van der Waals surface area contributed by atoms with Crippen LogP contribution in [0.25, 0.3) is 0 Å². The largest absolute Gasteiger partial charge is 0.357 e. The van der Waals surface area contributed by atoms with Gasteiger partial charge in [0.15, 0.2) is 0 Å². The molecular weight excluding hydrogens is 214 g/mol. The van der Waals surface area contributed by atoms with Crippen LogP contribution in [0.3, 0.4) is 0 Å². The molecule has 5 nitrogen and oxygen atoms in total. The Balaban J connectivity index is 1.88. The van der Waals surface area contributed by atoms with Crippen molar-refractivity contribution in [3.63, 3.8) is 0 Å². The molecule has 2 rings (SSSR count). The van der Waals surface area contributed by atoms with Crippen molar-refractivity contribution in [2.75, 3.05) is 31.1 Å². The molecule has 0 amide bonds. The van der Waals surface area contributed by atoms with Crippen LogP contribution in [0.5, 0.6) is 0 Å². The lowest BCUT2D eigenvalue weighted by Crippen LogP contribution is -2.49. The van der Waals surface area contributed by atoms with Crippen LogP contribution < -0.4 is 4.90 Å². The van der Waals surface area contributed by atoms with Gasteiger partial charge < -0.3 is 9.80 Å². The summed E-state index contributed by atoms with van der Waals surface area (Å²) in [6.45, 7) is 5.71. The van der Waals surface area contributed by atoms with Crippen LogP contribution in [0, 0.1) is 5.41 Å². The van der Waals surface area contributed by atoms with Gasteiger partial charge in [0.1, 0.15) is 0 Å². The second kappa shape index (κ2) is 5.61. The van der Waals surface area contributed by atoms with Crippen LogP contribution in [0.15, 0.2) is 18.5 Å². The first-order valence-electron chi connectivity index (χ1n) is 6.15. The summed E-state index contributed by atoms with van der Waals surface area (Å²) >= 11 is 0. The van der Waals surface area contributed by atoms with Crippen LogP contribution in [-0.4, -0.2) is 46.9 Å². The number of hydrogen-bond acceptors (Lipinski definition) is 4. The molecule has 2 heterocycles. The van der Waals surface area contributed by atoms with Gasteiger partial charge in [0, 0.05) is 45.0 Å². The SMILES string of the molecule is CCCC(=N)N1CCN(c2ncccn2)CC1. The summed E-state index contributed by atoms with van der Waals surface area (Å²) in [5.41, 5.74) is 0. The van der Waals surface area contributed by atoms with Crippen molar-refractivity contribution in [2.45, 2.75) is 19.8 Å². The Labute approximate surface area is 102 Å². The highest BCUT2D eigenvalue weighted by Crippen LogP contribution is 2.10. The average Bonchev–Trinajstić information content (AvgIpc) is 2.40. The molecule has 5 heteroatoms. The molecule has 0 aromatic carbocycles. The van der Waals surface area contributed by atoms with Gasteiger partial charge in [-0.05, 0) is 12.5 Å². The summed E-state index contributed by atoms with van der Waals surface area (Å²) in [6, 6.07) is 1.83. The summed E-state index contributed by atoms with van der Waals surface area (Å²) in [7, 11) is 0. The summed E-state index contributed by atoms with van der Waals surface area (Å²) in [5.74, 6) is 1.57. The van der Waals surface area contributed by atoms with Gasteiger partial charge in [-0.2, -0.15) is 0 Å². The van der Waals surface area contributed by atoms with E-state index in [4.69, 9.17) is 5.41 Å². The van der Waals surface area contributed by atoms with Crippen LogP contribution >= 0.6 is 0 Å². The molecule has 0 radical (unpaired) electrons. The number of amidine groups is 1. The van der Waals surface area contributed by atoms with Gasteiger partial charge in [-0.25, -0.2) is 9.97 Å². The maximum Gasteiger partial charge on any atom is 0.225 e. The van der Waals surface area contributed by atoms with E-state index in [-0.39, 0.29) is 0 Å². The molecule has 0 bridgehead atoms. The quantitative estimate of drug-likeness (QED) is 0.633. The minimum absolute atomic E-state index is 0.765. The van der Waals surface area contributed by atoms with E-state index < -0.39 is 0 Å². The fraction of sp³-hybridized carbons (Fsp3) is 0.583. The molecule has 92 valence electrons. The molecule has 1 aliphatic rings. The van der Waals surface area contributed by atoms with Crippen molar-refractivity contribution in [3.05, 3.63) is 18.5 Å². The summed E-state index contributed by atoms with van der Waals surface area (Å²) in [6.07, 6.45) is 5.46. The van der Waals surface area contributed by atoms with Crippen LogP contribution in [0.4, 0.5) is 5.95 Å². The van der Waals surface area contributed by atoms with Gasteiger partial charge in [-0.15, -0.1) is 0 Å². The second-order valence-electron chi connectivity index (χ2n) is 4.22. The Kier molecular flexibility index (Phi) is 3.90. The van der Waals surface area contributed by atoms with E-state index >= 15 is 0 Å². The molecule has 1 saturated heterocycles. The summed E-state index contributed by atoms with van der Waals surface area (Å²) in [4.78, 5) is 12.8. The monoisotopic (exact) mass is 233 g/mol. The maximum atomic E-state index is 7.93. The van der Waals surface area contributed by atoms with E-state index in [1.54, 1.807) is 12.4 Å². The Morgan fingerprint density at radius 2 is 1.88 bits per heavy atom. The molecule has 0 unspecified atom stereocenters. The Hall–Kier alpha value is -1.65. The highest BCUT2D eigenvalue weighted by Gasteiger charge is 2.19. The first-order valence-corrected chi connectivity index (χ1v) is 6.15. The van der Waals surface area contributed by atoms with Gasteiger partial charge in [0.25, 0.3) is 0 Å². The zero-order valence-electron chi connectivity index (χ0n) is 10.3. The fourth-order valence-corrected chi connectivity index (χ4v) is 2.03. The predicted octanol–water partition coefficient (Wildman–Crippen LogP) is 1.38. The normalized spacial score (nSPS) is 16.1. The van der Waals surface area contributed by atoms with Crippen molar-refractivity contribution >= 4 is 11.8 Å². The molecule has 0 aliphatic carbocycles. The van der Waals surface area contributed by atoms with E-state index in [9.17, 15) is 0 Å². The smallest absolute Gasteiger partial charge is 0.225 e. The number of hydrogen-bond donors (Lipinski definition) is 1. The van der Waals surface area contributed by atoms with Crippen molar-refractivity contribution in [1.82, 2.24) is 14.9 Å². The Morgan fingerprint density at radius 1 is 1.24 bits per heavy atom. The Bertz CT molecular complexity index is 356. The average molecular weight is 233 g/mol. The van der Waals surface area contributed by atoms with Gasteiger partial charge in [0.2, 0.25) is 5.95 Å². The number of piperazine rings is 1. The molecule has 1 aromatic rings. The highest BCUT2D eigenvalue weighted by atomic mass is 15.3. The highest BCUT2D eigenvalue weighted by molar-refractivity contribution is 5.79. The number of rotatable bonds is 3. The summed E-state index contributed by atoms with van der Waals surface area (Å²) in [5, 5.41) is 7.93. The molecule has 0 atom stereocenters. The molecule has 1 N–H and O–H groups in total. The lowest BCUT2D eigenvalue weighted by atomic mass is 10.2. The molecular formula is C12H19N5. The summed E-state index contributed by atoms with van der Waals surface area (Å²) < 4.78 is 0. The zero-order valence-corrected chi connectivity index (χ0v) is 10.3. The molecule has 17 heavy (non-hydrogen) atoms. The minimum Gasteiger partial charge on any atom is -0.357 e. The number of nitrogens with one attached hydrogen (secondary N) is 1. The zero-order chi connectivity index (χ0) is 12.1. The second-order valence-corrected chi connectivity index (χ2v) is 4.22. The standard InChI is InChI=1S/C12H19N5/c1-2-4-11(13)16-7-9-17(10-8-16)12-14-5-3-6-15-12/h3,5-6,13H,2,4,7-10H2,1H3. The third-order valence-corrected chi connectivity index (χ3v) is 2.98. The predicted molar refractivity (Wildman–Crippen MR) is 68.5 cm³/mol. The van der Waals surface area contributed by atoms with Crippen LogP contribution in [0.1, 0.15) is 19.8 Å². The third-order valence-electron chi connectivity index (χ3n) is 2.98. The number of aromatic nitrogens is 2. The molecule has 1 aliphatic heterocycles. The fourth-order valence-electron chi connectivity index (χ4n) is 2.03. The van der Waals surface area contributed by atoms with Crippen molar-refractivity contribution < 1.29 is 0 Å². The van der Waals surface area contributed by atoms with E-state index in [0.717, 1.165) is 50.8 Å². The van der Waals surface area contributed by atoms with Crippen LogP contribution in [-0.2, 0) is 0 Å². The van der Waals surface area contributed by atoms with Crippen molar-refractivity contribution in [2.24, 2.45) is 0 Å². The van der Waals surface area contributed by atoms with Gasteiger partial charge in [-0.3, -0.25) is 5.41 Å². The molecule has 0 saturated carbocycles. The van der Waals surface area contributed by atoms with E-state index in [2.05, 4.69) is 26.7 Å². The van der Waals surface area contributed by atoms with E-state index in [1.165, 1.54) is 0 Å². The first-order chi connectivity index (χ1) is 8.31. The lowest BCUT2D eigenvalue weighted by molar-refractivity contribution is 0.373. The first kappa shape index (κ1) is 11.8. The Morgan fingerprint density at radius 3 is 2.47 bits per heavy atom. The van der Waals surface area contributed by atoms with E-state index in [1.807, 2.05) is 6.07 Å². The van der Waals surface area contributed by atoms with Gasteiger partial charge in [-0.1, -0.05) is 6.92 Å². The molecule has 1 aromatic heterocycles. The minimum atomic E-state index is 0.765. The van der Waals surface area contributed by atoms with E-state index in [0.29, 0.717) is 0 Å².